The molecule has 0 aliphatic carbocycles. The van der Waals surface area contributed by atoms with Crippen LogP contribution in [0.1, 0.15) is 81.0 Å². The van der Waals surface area contributed by atoms with Gasteiger partial charge >= 0.3 is 5.97 Å². The Hall–Kier alpha value is -6.27. The first kappa shape index (κ1) is 41.5. The van der Waals surface area contributed by atoms with Crippen molar-refractivity contribution in [3.05, 3.63) is 180 Å². The molecule has 2 heterocycles. The van der Waals surface area contributed by atoms with Crippen LogP contribution in [0.4, 0.5) is 11.4 Å². The number of carboxylic acids is 1. The number of carboxylic acid groups (broad SMARTS) is 1. The standard InChI is InChI=1S/C55H56N2O4/c1-54(38-41-20-7-3-8-21-41)49(56(35-16-5-11-30-51(59)60)47-33-31-43-24-12-14-26-45(43)52(47)54)28-19-29-50-55(2,39-42-22-9-4-10-23-42)53-46-27-15-13-25-44(46)32-34-48(53)57(50)36-17-6-18-37-61-40-58/h3-4,7-10,12-15,19-29,31-34,40H,5-6,11,16-18,30,35-39H2,1-2H3/p+1. The summed E-state index contributed by atoms with van der Waals surface area (Å²) in [5.41, 5.74) is 9.63. The molecule has 6 heteroatoms. The molecule has 1 N–H and O–H groups in total. The van der Waals surface area contributed by atoms with Gasteiger partial charge in [-0.15, -0.1) is 0 Å². The monoisotopic (exact) mass is 809 g/mol. The molecule has 0 aromatic heterocycles. The van der Waals surface area contributed by atoms with Gasteiger partial charge in [-0.3, -0.25) is 9.59 Å². The zero-order chi connectivity index (χ0) is 42.2. The van der Waals surface area contributed by atoms with Gasteiger partial charge in [0, 0.05) is 53.9 Å². The summed E-state index contributed by atoms with van der Waals surface area (Å²) in [6.45, 7) is 7.47. The number of aliphatic carboxylic acids is 1. The molecule has 0 radical (unpaired) electrons. The molecule has 6 aromatic rings. The highest BCUT2D eigenvalue weighted by Gasteiger charge is 2.49. The number of rotatable bonds is 19. The third-order valence-corrected chi connectivity index (χ3v) is 13.0. The van der Waals surface area contributed by atoms with Gasteiger partial charge < -0.3 is 14.7 Å². The van der Waals surface area contributed by atoms with Gasteiger partial charge in [0.05, 0.1) is 12.0 Å². The minimum absolute atomic E-state index is 0.194. The number of nitrogens with zero attached hydrogens (tertiary/aromatic N) is 2. The first-order chi connectivity index (χ1) is 29.8. The molecule has 2 aliphatic heterocycles. The molecule has 6 nitrogen and oxygen atoms in total. The fraction of sp³-hybridized carbons (Fsp3) is 0.291. The second kappa shape index (κ2) is 18.6. The zero-order valence-electron chi connectivity index (χ0n) is 35.6. The van der Waals surface area contributed by atoms with Crippen molar-refractivity contribution in [2.75, 3.05) is 24.6 Å². The highest BCUT2D eigenvalue weighted by Crippen LogP contribution is 2.53. The zero-order valence-corrected chi connectivity index (χ0v) is 35.6. The van der Waals surface area contributed by atoms with E-state index in [1.165, 1.54) is 66.6 Å². The smallest absolute Gasteiger partial charge is 0.303 e. The van der Waals surface area contributed by atoms with Gasteiger partial charge in [-0.05, 0) is 109 Å². The predicted octanol–water partition coefficient (Wildman–Crippen LogP) is 12.0. The lowest BCUT2D eigenvalue weighted by molar-refractivity contribution is -0.438. The van der Waals surface area contributed by atoms with Gasteiger partial charge in [0.2, 0.25) is 5.69 Å². The van der Waals surface area contributed by atoms with Crippen molar-refractivity contribution in [2.45, 2.75) is 82.5 Å². The Kier molecular flexibility index (Phi) is 12.6. The van der Waals surface area contributed by atoms with E-state index in [1.54, 1.807) is 0 Å². The minimum atomic E-state index is -0.737. The normalized spacial score (nSPS) is 19.0. The lowest BCUT2D eigenvalue weighted by Crippen LogP contribution is -2.34. The molecule has 310 valence electrons. The molecule has 0 fully saturated rings. The minimum Gasteiger partial charge on any atom is -0.481 e. The van der Waals surface area contributed by atoms with Crippen LogP contribution in [-0.2, 0) is 38.0 Å². The van der Waals surface area contributed by atoms with Gasteiger partial charge in [0.1, 0.15) is 6.54 Å². The number of hydrogen-bond acceptors (Lipinski definition) is 4. The Labute approximate surface area is 360 Å². The number of anilines is 1. The van der Waals surface area contributed by atoms with Crippen molar-refractivity contribution in [1.82, 2.24) is 0 Å². The first-order valence-electron chi connectivity index (χ1n) is 22.0. The van der Waals surface area contributed by atoms with E-state index in [-0.39, 0.29) is 17.3 Å². The molecular formula is C55H57N2O4+. The van der Waals surface area contributed by atoms with E-state index in [9.17, 15) is 14.7 Å². The van der Waals surface area contributed by atoms with Gasteiger partial charge in [-0.1, -0.05) is 128 Å². The summed E-state index contributed by atoms with van der Waals surface area (Å²) in [4.78, 5) is 24.8. The highest BCUT2D eigenvalue weighted by atomic mass is 16.5. The molecule has 0 saturated heterocycles. The Morgan fingerprint density at radius 1 is 0.672 bits per heavy atom. The van der Waals surface area contributed by atoms with E-state index in [2.05, 4.69) is 175 Å². The number of benzene rings is 6. The van der Waals surface area contributed by atoms with Crippen LogP contribution in [0.25, 0.3) is 21.5 Å². The van der Waals surface area contributed by atoms with Crippen molar-refractivity contribution in [2.24, 2.45) is 0 Å². The summed E-state index contributed by atoms with van der Waals surface area (Å²) in [5, 5.41) is 14.4. The second-order valence-corrected chi connectivity index (χ2v) is 17.2. The molecule has 2 unspecified atom stereocenters. The summed E-state index contributed by atoms with van der Waals surface area (Å²) in [6.07, 6.45) is 14.1. The van der Waals surface area contributed by atoms with Crippen molar-refractivity contribution in [3.63, 3.8) is 0 Å². The molecule has 8 rings (SSSR count). The molecule has 0 spiro atoms. The van der Waals surface area contributed by atoms with E-state index in [4.69, 9.17) is 4.74 Å². The Morgan fingerprint density at radius 2 is 1.28 bits per heavy atom. The number of fused-ring (bicyclic) bond motifs is 6. The topological polar surface area (TPSA) is 69.8 Å². The van der Waals surface area contributed by atoms with Crippen LogP contribution in [0.15, 0.2) is 157 Å². The number of carbonyl (C=O) groups excluding carboxylic acids is 1. The number of unbranched alkanes of at least 4 members (excludes halogenated alkanes) is 4. The number of carbonyl (C=O) groups is 2. The van der Waals surface area contributed by atoms with E-state index in [1.807, 2.05) is 0 Å². The predicted molar refractivity (Wildman–Crippen MR) is 249 cm³/mol. The molecule has 2 aliphatic rings. The summed E-state index contributed by atoms with van der Waals surface area (Å²) >= 11 is 0. The molecule has 0 bridgehead atoms. The Bertz CT molecular complexity index is 2610. The summed E-state index contributed by atoms with van der Waals surface area (Å²) in [6, 6.07) is 48.4. The van der Waals surface area contributed by atoms with E-state index >= 15 is 0 Å². The quantitative estimate of drug-likeness (QED) is 0.0501. The van der Waals surface area contributed by atoms with Crippen molar-refractivity contribution < 1.29 is 24.0 Å². The first-order valence-corrected chi connectivity index (χ1v) is 22.0. The van der Waals surface area contributed by atoms with E-state index in [0.717, 1.165) is 58.0 Å². The third kappa shape index (κ3) is 8.54. The molecule has 0 saturated carbocycles. The van der Waals surface area contributed by atoms with Gasteiger partial charge in [0.25, 0.3) is 6.47 Å². The van der Waals surface area contributed by atoms with Crippen LogP contribution in [0, 0.1) is 0 Å². The molecule has 61 heavy (non-hydrogen) atoms. The van der Waals surface area contributed by atoms with Crippen LogP contribution in [0.5, 0.6) is 0 Å². The van der Waals surface area contributed by atoms with E-state index in [0.29, 0.717) is 19.5 Å². The fourth-order valence-corrected chi connectivity index (χ4v) is 10.3. The summed E-state index contributed by atoms with van der Waals surface area (Å²) in [7, 11) is 0. The molecule has 0 amide bonds. The van der Waals surface area contributed by atoms with E-state index < -0.39 is 5.97 Å². The lowest BCUT2D eigenvalue weighted by Gasteiger charge is -2.31. The van der Waals surface area contributed by atoms with Crippen LogP contribution < -0.4 is 4.90 Å². The summed E-state index contributed by atoms with van der Waals surface area (Å²) in [5.74, 6) is -0.737. The number of hydrogen-bond donors (Lipinski definition) is 1. The highest BCUT2D eigenvalue weighted by molar-refractivity contribution is 6.08. The number of allylic oxidation sites excluding steroid dienone is 4. The SMILES string of the molecule is CC1(Cc2ccccc2)C(/C=C/C=C2\N(CCCCCC(=O)O)c3ccc4ccccc4c3C2(C)Cc2ccccc2)=[N+](CCCCCOC=O)c2ccc3ccccc3c21. The van der Waals surface area contributed by atoms with Crippen molar-refractivity contribution in [1.29, 1.82) is 0 Å². The summed E-state index contributed by atoms with van der Waals surface area (Å²) < 4.78 is 7.60. The second-order valence-electron chi connectivity index (χ2n) is 17.2. The van der Waals surface area contributed by atoms with Gasteiger partial charge in [0.15, 0.2) is 5.71 Å². The maximum absolute atomic E-state index is 11.4. The number of ether oxygens (including phenoxy) is 1. The van der Waals surface area contributed by atoms with Crippen molar-refractivity contribution >= 4 is 51.1 Å². The Balaban J connectivity index is 1.27. The Morgan fingerprint density at radius 3 is 1.95 bits per heavy atom. The average Bonchev–Trinajstić information content (AvgIpc) is 3.65. The third-order valence-electron chi connectivity index (χ3n) is 13.0. The van der Waals surface area contributed by atoms with Gasteiger partial charge in [-0.2, -0.15) is 4.58 Å². The molecular weight excluding hydrogens is 753 g/mol. The van der Waals surface area contributed by atoms with Crippen LogP contribution in [0.3, 0.4) is 0 Å². The van der Waals surface area contributed by atoms with Crippen LogP contribution >= 0.6 is 0 Å². The fourth-order valence-electron chi connectivity index (χ4n) is 10.3. The maximum atomic E-state index is 11.4. The lowest BCUT2D eigenvalue weighted by atomic mass is 9.73. The maximum Gasteiger partial charge on any atom is 0.303 e. The van der Waals surface area contributed by atoms with Crippen molar-refractivity contribution in [3.8, 4) is 0 Å². The average molecular weight is 810 g/mol. The molecule has 6 aromatic carbocycles. The molecule has 2 atom stereocenters. The van der Waals surface area contributed by atoms with Crippen LogP contribution in [0.2, 0.25) is 0 Å². The largest absolute Gasteiger partial charge is 0.481 e. The van der Waals surface area contributed by atoms with Gasteiger partial charge in [-0.25, -0.2) is 0 Å². The van der Waals surface area contributed by atoms with Crippen LogP contribution in [-0.4, -0.2) is 47.5 Å².